The fourth-order valence-electron chi connectivity index (χ4n) is 10.5. The molecule has 0 fully saturated rings. The van der Waals surface area contributed by atoms with Crippen molar-refractivity contribution in [1.82, 2.24) is 19.9 Å². The van der Waals surface area contributed by atoms with E-state index in [4.69, 9.17) is 28.8 Å². The highest BCUT2D eigenvalue weighted by Gasteiger charge is 2.51. The SMILES string of the molecule is c1ccc(-c2nc(-c3ccc4c(c3)C3(c5ccccc5-c5ccccc53)c3ccccc3-4)nc(-c3ccc4ccc5oc6ccc7nc(-c8ccccc8)oc7c6c5c4c3)n2)cc1. The van der Waals surface area contributed by atoms with Gasteiger partial charge in [0.05, 0.1) is 10.8 Å². The molecule has 6 heteroatoms. The molecule has 292 valence electrons. The van der Waals surface area contributed by atoms with Crippen LogP contribution in [0.3, 0.4) is 0 Å². The van der Waals surface area contributed by atoms with Crippen LogP contribution in [0.5, 0.6) is 0 Å². The summed E-state index contributed by atoms with van der Waals surface area (Å²) >= 11 is 0. The minimum Gasteiger partial charge on any atom is -0.456 e. The Morgan fingerprint density at radius 1 is 0.349 bits per heavy atom. The lowest BCUT2D eigenvalue weighted by atomic mass is 9.70. The van der Waals surface area contributed by atoms with Crippen LogP contribution in [0, 0.1) is 0 Å². The van der Waals surface area contributed by atoms with Crippen LogP contribution >= 0.6 is 0 Å². The molecule has 14 rings (SSSR count). The zero-order chi connectivity index (χ0) is 41.2. The molecule has 0 unspecified atom stereocenters. The number of oxazole rings is 1. The monoisotopic (exact) mass is 804 g/mol. The zero-order valence-corrected chi connectivity index (χ0v) is 33.6. The van der Waals surface area contributed by atoms with Gasteiger partial charge in [-0.15, -0.1) is 0 Å². The number of hydrogen-bond donors (Lipinski definition) is 0. The molecule has 3 heterocycles. The molecule has 12 aromatic rings. The first-order valence-electron chi connectivity index (χ1n) is 21.2. The summed E-state index contributed by atoms with van der Waals surface area (Å²) < 4.78 is 13.0. The Kier molecular flexibility index (Phi) is 6.94. The van der Waals surface area contributed by atoms with Crippen LogP contribution in [0.4, 0.5) is 0 Å². The van der Waals surface area contributed by atoms with Gasteiger partial charge in [0, 0.05) is 27.6 Å². The Hall–Kier alpha value is -8.48. The van der Waals surface area contributed by atoms with E-state index in [2.05, 4.69) is 127 Å². The average molecular weight is 805 g/mol. The van der Waals surface area contributed by atoms with Crippen LogP contribution in [0.15, 0.2) is 203 Å². The summed E-state index contributed by atoms with van der Waals surface area (Å²) in [5.74, 6) is 2.37. The molecule has 0 saturated carbocycles. The first kappa shape index (κ1) is 34.3. The molecule has 0 radical (unpaired) electrons. The van der Waals surface area contributed by atoms with Crippen molar-refractivity contribution in [3.05, 3.63) is 216 Å². The predicted octanol–water partition coefficient (Wildman–Crippen LogP) is 14.1. The standard InChI is InChI=1S/C57H32N4O2/c1-3-13-34(14-4-1)53-59-54(36-24-23-33-26-29-48-50(42(33)31-36)51-49(62-48)30-28-47-52(51)63-56(58-47)35-15-5-2-6-16-35)61-55(60-53)37-25-27-41-40-19-9-12-22-45(40)57(46(41)32-37)43-20-10-7-17-38(43)39-18-8-11-21-44(39)57/h1-32H. The van der Waals surface area contributed by atoms with E-state index in [1.165, 1.54) is 44.5 Å². The lowest BCUT2D eigenvalue weighted by Gasteiger charge is -2.30. The van der Waals surface area contributed by atoms with E-state index in [0.717, 1.165) is 60.5 Å². The normalized spacial score (nSPS) is 13.2. The minimum atomic E-state index is -0.485. The second-order valence-electron chi connectivity index (χ2n) is 16.5. The highest BCUT2D eigenvalue weighted by Crippen LogP contribution is 2.63. The van der Waals surface area contributed by atoms with Crippen molar-refractivity contribution in [2.24, 2.45) is 0 Å². The van der Waals surface area contributed by atoms with E-state index in [9.17, 15) is 0 Å². The molecule has 2 aliphatic rings. The van der Waals surface area contributed by atoms with Crippen molar-refractivity contribution in [3.8, 4) is 67.9 Å². The number of benzene rings is 9. The van der Waals surface area contributed by atoms with Crippen molar-refractivity contribution >= 4 is 43.8 Å². The number of rotatable bonds is 4. The van der Waals surface area contributed by atoms with E-state index >= 15 is 0 Å². The maximum Gasteiger partial charge on any atom is 0.227 e. The van der Waals surface area contributed by atoms with E-state index in [1.807, 2.05) is 66.7 Å². The van der Waals surface area contributed by atoms with Crippen LogP contribution in [0.1, 0.15) is 22.3 Å². The van der Waals surface area contributed by atoms with Gasteiger partial charge in [-0.25, -0.2) is 19.9 Å². The summed E-state index contributed by atoms with van der Waals surface area (Å²) in [6.07, 6.45) is 0. The molecule has 2 aliphatic carbocycles. The maximum absolute atomic E-state index is 6.55. The molecule has 3 aromatic heterocycles. The Balaban J connectivity index is 0.986. The molecule has 63 heavy (non-hydrogen) atoms. The van der Waals surface area contributed by atoms with Crippen molar-refractivity contribution in [2.45, 2.75) is 5.41 Å². The second kappa shape index (κ2) is 12.8. The van der Waals surface area contributed by atoms with E-state index in [-0.39, 0.29) is 0 Å². The highest BCUT2D eigenvalue weighted by molar-refractivity contribution is 6.25. The molecule has 0 amide bonds. The van der Waals surface area contributed by atoms with Crippen molar-refractivity contribution < 1.29 is 8.83 Å². The van der Waals surface area contributed by atoms with Crippen LogP contribution in [0.25, 0.3) is 112 Å². The number of hydrogen-bond acceptors (Lipinski definition) is 6. The molecular weight excluding hydrogens is 773 g/mol. The van der Waals surface area contributed by atoms with Gasteiger partial charge in [-0.1, -0.05) is 152 Å². The fourth-order valence-corrected chi connectivity index (χ4v) is 10.5. The van der Waals surface area contributed by atoms with E-state index in [0.29, 0.717) is 28.9 Å². The van der Waals surface area contributed by atoms with Gasteiger partial charge >= 0.3 is 0 Å². The number of nitrogens with zero attached hydrogens (tertiary/aromatic N) is 4. The van der Waals surface area contributed by atoms with E-state index < -0.39 is 5.41 Å². The molecule has 0 saturated heterocycles. The molecule has 0 bridgehead atoms. The van der Waals surface area contributed by atoms with Crippen LogP contribution in [0.2, 0.25) is 0 Å². The quantitative estimate of drug-likeness (QED) is 0.176. The van der Waals surface area contributed by atoms with Gasteiger partial charge in [0.1, 0.15) is 16.7 Å². The summed E-state index contributed by atoms with van der Waals surface area (Å²) in [5.41, 5.74) is 16.2. The van der Waals surface area contributed by atoms with Gasteiger partial charge in [0.25, 0.3) is 0 Å². The summed E-state index contributed by atoms with van der Waals surface area (Å²) in [7, 11) is 0. The van der Waals surface area contributed by atoms with Gasteiger partial charge in [-0.3, -0.25) is 0 Å². The first-order chi connectivity index (χ1) is 31.2. The topological polar surface area (TPSA) is 77.8 Å². The molecule has 0 aliphatic heterocycles. The van der Waals surface area contributed by atoms with Crippen molar-refractivity contribution in [1.29, 1.82) is 0 Å². The molecule has 9 aromatic carbocycles. The van der Waals surface area contributed by atoms with Crippen molar-refractivity contribution in [2.75, 3.05) is 0 Å². The Morgan fingerprint density at radius 3 is 1.52 bits per heavy atom. The maximum atomic E-state index is 6.55. The van der Waals surface area contributed by atoms with Crippen LogP contribution in [-0.4, -0.2) is 19.9 Å². The van der Waals surface area contributed by atoms with Gasteiger partial charge in [-0.05, 0) is 97.7 Å². The third-order valence-corrected chi connectivity index (χ3v) is 13.2. The summed E-state index contributed by atoms with van der Waals surface area (Å²) in [6.45, 7) is 0. The Labute approximate surface area is 360 Å². The largest absolute Gasteiger partial charge is 0.456 e. The Morgan fingerprint density at radius 2 is 0.857 bits per heavy atom. The third-order valence-electron chi connectivity index (χ3n) is 13.2. The van der Waals surface area contributed by atoms with Crippen molar-refractivity contribution in [3.63, 3.8) is 0 Å². The molecule has 6 nitrogen and oxygen atoms in total. The van der Waals surface area contributed by atoms with Gasteiger partial charge < -0.3 is 8.83 Å². The first-order valence-corrected chi connectivity index (χ1v) is 21.2. The zero-order valence-electron chi connectivity index (χ0n) is 33.6. The predicted molar refractivity (Wildman–Crippen MR) is 250 cm³/mol. The van der Waals surface area contributed by atoms with E-state index in [1.54, 1.807) is 0 Å². The number of aromatic nitrogens is 4. The lowest BCUT2D eigenvalue weighted by Crippen LogP contribution is -2.25. The third kappa shape index (κ3) is 4.77. The molecule has 1 spiro atoms. The van der Waals surface area contributed by atoms with Crippen LogP contribution in [-0.2, 0) is 5.41 Å². The fraction of sp³-hybridized carbons (Fsp3) is 0.0175. The minimum absolute atomic E-state index is 0.485. The molecular formula is C57H32N4O2. The number of fused-ring (bicyclic) bond motifs is 17. The average Bonchev–Trinajstić information content (AvgIpc) is 4.11. The lowest BCUT2D eigenvalue weighted by molar-refractivity contribution is 0.622. The molecule has 0 N–H and O–H groups in total. The Bertz CT molecular complexity index is 3800. The summed E-state index contributed by atoms with van der Waals surface area (Å²) in [4.78, 5) is 20.6. The highest BCUT2D eigenvalue weighted by atomic mass is 16.4. The second-order valence-corrected chi connectivity index (χ2v) is 16.5. The summed E-state index contributed by atoms with van der Waals surface area (Å²) in [5, 5.41) is 3.92. The van der Waals surface area contributed by atoms with Crippen LogP contribution < -0.4 is 0 Å². The molecule has 0 atom stereocenters. The van der Waals surface area contributed by atoms with Gasteiger partial charge in [0.2, 0.25) is 5.89 Å². The smallest absolute Gasteiger partial charge is 0.227 e. The summed E-state index contributed by atoms with van der Waals surface area (Å²) in [6, 6.07) is 68.0. The van der Waals surface area contributed by atoms with Gasteiger partial charge in [-0.2, -0.15) is 0 Å². The number of furan rings is 1. The van der Waals surface area contributed by atoms with Gasteiger partial charge in [0.15, 0.2) is 23.1 Å².